The lowest BCUT2D eigenvalue weighted by atomic mass is 10.2. The molecule has 3 aromatic rings. The van der Waals surface area contributed by atoms with Crippen molar-refractivity contribution in [3.05, 3.63) is 54.7 Å². The summed E-state index contributed by atoms with van der Waals surface area (Å²) in [4.78, 5) is 0.242. The summed E-state index contributed by atoms with van der Waals surface area (Å²) in [5.74, 6) is 0. The Kier molecular flexibility index (Phi) is 2.94. The van der Waals surface area contributed by atoms with Gasteiger partial charge in [-0.2, -0.15) is 5.10 Å². The van der Waals surface area contributed by atoms with Gasteiger partial charge in [0.15, 0.2) is 0 Å². The summed E-state index contributed by atoms with van der Waals surface area (Å²) < 4.78 is 28.7. The van der Waals surface area contributed by atoms with Gasteiger partial charge in [-0.3, -0.25) is 9.40 Å². The van der Waals surface area contributed by atoms with Crippen LogP contribution in [0.1, 0.15) is 0 Å². The fraction of sp³-hybridized carbons (Fsp3) is 0.0714. The molecular weight excluding hydrogens is 274 g/mol. The molecule has 0 saturated carbocycles. The van der Waals surface area contributed by atoms with Crippen LogP contribution in [-0.2, 0) is 17.1 Å². The Morgan fingerprint density at radius 1 is 1.10 bits per heavy atom. The second kappa shape index (κ2) is 4.64. The number of benzene rings is 2. The summed E-state index contributed by atoms with van der Waals surface area (Å²) >= 11 is 0. The molecule has 1 aromatic heterocycles. The van der Waals surface area contributed by atoms with Gasteiger partial charge in [0, 0.05) is 18.1 Å². The number of hydrogen-bond acceptors (Lipinski definition) is 3. The third kappa shape index (κ3) is 2.25. The number of rotatable bonds is 3. The summed E-state index contributed by atoms with van der Waals surface area (Å²) in [6.07, 6.45) is 1.70. The van der Waals surface area contributed by atoms with Crippen LogP contribution >= 0.6 is 0 Å². The van der Waals surface area contributed by atoms with E-state index in [0.717, 1.165) is 10.9 Å². The number of hydrogen-bond donors (Lipinski definition) is 1. The van der Waals surface area contributed by atoms with Gasteiger partial charge >= 0.3 is 0 Å². The molecule has 102 valence electrons. The third-order valence-corrected chi connectivity index (χ3v) is 4.45. The zero-order valence-electron chi connectivity index (χ0n) is 10.8. The largest absolute Gasteiger partial charge is 0.280 e. The van der Waals surface area contributed by atoms with Crippen LogP contribution in [0.4, 0.5) is 5.69 Å². The maximum absolute atomic E-state index is 12.2. The molecule has 0 amide bonds. The first-order valence-electron chi connectivity index (χ1n) is 6.06. The maximum atomic E-state index is 12.2. The topological polar surface area (TPSA) is 64.0 Å². The van der Waals surface area contributed by atoms with Gasteiger partial charge in [0.1, 0.15) is 0 Å². The van der Waals surface area contributed by atoms with E-state index in [2.05, 4.69) is 9.82 Å². The SMILES string of the molecule is Cn1ncc2cc(NS(=O)(=O)c3ccccc3)ccc21. The number of aromatic nitrogens is 2. The molecule has 0 fully saturated rings. The van der Waals surface area contributed by atoms with E-state index in [4.69, 9.17) is 0 Å². The fourth-order valence-corrected chi connectivity index (χ4v) is 3.11. The van der Waals surface area contributed by atoms with E-state index < -0.39 is 10.0 Å². The van der Waals surface area contributed by atoms with Crippen molar-refractivity contribution < 1.29 is 8.42 Å². The molecule has 0 bridgehead atoms. The van der Waals surface area contributed by atoms with Crippen molar-refractivity contribution in [3.8, 4) is 0 Å². The molecule has 1 N–H and O–H groups in total. The summed E-state index contributed by atoms with van der Waals surface area (Å²) in [5, 5.41) is 5.02. The minimum absolute atomic E-state index is 0.242. The van der Waals surface area contributed by atoms with Gasteiger partial charge in [-0.1, -0.05) is 18.2 Å². The second-order valence-corrected chi connectivity index (χ2v) is 6.14. The van der Waals surface area contributed by atoms with Gasteiger partial charge in [-0.15, -0.1) is 0 Å². The first-order valence-corrected chi connectivity index (χ1v) is 7.54. The quantitative estimate of drug-likeness (QED) is 0.804. The van der Waals surface area contributed by atoms with Crippen LogP contribution in [0.3, 0.4) is 0 Å². The average Bonchev–Trinajstić information content (AvgIpc) is 2.80. The molecular formula is C14H13N3O2S. The monoisotopic (exact) mass is 287 g/mol. The molecule has 3 rings (SSSR count). The maximum Gasteiger partial charge on any atom is 0.261 e. The Hall–Kier alpha value is -2.34. The summed E-state index contributed by atoms with van der Waals surface area (Å²) in [7, 11) is -1.71. The van der Waals surface area contributed by atoms with Crippen LogP contribution in [0.5, 0.6) is 0 Å². The van der Waals surface area contributed by atoms with E-state index in [1.807, 2.05) is 13.1 Å². The van der Waals surface area contributed by atoms with E-state index in [1.54, 1.807) is 53.3 Å². The average molecular weight is 287 g/mol. The minimum Gasteiger partial charge on any atom is -0.280 e. The molecule has 1 heterocycles. The number of aryl methyl sites for hydroxylation is 1. The molecule has 20 heavy (non-hydrogen) atoms. The zero-order chi connectivity index (χ0) is 14.2. The van der Waals surface area contributed by atoms with E-state index in [-0.39, 0.29) is 4.90 Å². The molecule has 5 nitrogen and oxygen atoms in total. The molecule has 2 aromatic carbocycles. The summed E-state index contributed by atoms with van der Waals surface area (Å²) in [6.45, 7) is 0. The summed E-state index contributed by atoms with van der Waals surface area (Å²) in [6, 6.07) is 13.6. The van der Waals surface area contributed by atoms with Crippen LogP contribution in [-0.4, -0.2) is 18.2 Å². The molecule has 0 aliphatic rings. The number of nitrogens with zero attached hydrogens (tertiary/aromatic N) is 2. The number of sulfonamides is 1. The lowest BCUT2D eigenvalue weighted by Gasteiger charge is -2.08. The number of anilines is 1. The first-order chi connectivity index (χ1) is 9.56. The highest BCUT2D eigenvalue weighted by molar-refractivity contribution is 7.92. The Balaban J connectivity index is 1.97. The van der Waals surface area contributed by atoms with Gasteiger partial charge in [0.05, 0.1) is 16.6 Å². The third-order valence-electron chi connectivity index (χ3n) is 3.05. The van der Waals surface area contributed by atoms with Gasteiger partial charge in [0.25, 0.3) is 10.0 Å². The van der Waals surface area contributed by atoms with Crippen molar-refractivity contribution in [1.29, 1.82) is 0 Å². The number of nitrogens with one attached hydrogen (secondary N) is 1. The highest BCUT2D eigenvalue weighted by atomic mass is 32.2. The van der Waals surface area contributed by atoms with Gasteiger partial charge in [-0.05, 0) is 30.3 Å². The van der Waals surface area contributed by atoms with Crippen molar-refractivity contribution in [1.82, 2.24) is 9.78 Å². The molecule has 0 radical (unpaired) electrons. The van der Waals surface area contributed by atoms with E-state index >= 15 is 0 Å². The molecule has 0 unspecified atom stereocenters. The highest BCUT2D eigenvalue weighted by Crippen LogP contribution is 2.21. The predicted molar refractivity (Wildman–Crippen MR) is 78.0 cm³/mol. The van der Waals surface area contributed by atoms with E-state index in [1.165, 1.54) is 0 Å². The van der Waals surface area contributed by atoms with Crippen LogP contribution in [0, 0.1) is 0 Å². The first kappa shape index (κ1) is 12.7. The van der Waals surface area contributed by atoms with E-state index in [0.29, 0.717) is 5.69 Å². The lowest BCUT2D eigenvalue weighted by molar-refractivity contribution is 0.601. The van der Waals surface area contributed by atoms with Crippen molar-refractivity contribution in [2.24, 2.45) is 7.05 Å². The van der Waals surface area contributed by atoms with Gasteiger partial charge in [-0.25, -0.2) is 8.42 Å². The number of fused-ring (bicyclic) bond motifs is 1. The van der Waals surface area contributed by atoms with Crippen molar-refractivity contribution in [3.63, 3.8) is 0 Å². The molecule has 0 aliphatic heterocycles. The molecule has 0 saturated heterocycles. The lowest BCUT2D eigenvalue weighted by Crippen LogP contribution is -2.12. The molecule has 0 atom stereocenters. The Morgan fingerprint density at radius 2 is 1.85 bits per heavy atom. The van der Waals surface area contributed by atoms with Crippen LogP contribution < -0.4 is 4.72 Å². The predicted octanol–water partition coefficient (Wildman–Crippen LogP) is 2.37. The van der Waals surface area contributed by atoms with Crippen molar-refractivity contribution >= 4 is 26.6 Å². The Morgan fingerprint density at radius 3 is 2.60 bits per heavy atom. The Bertz CT molecular complexity index is 855. The van der Waals surface area contributed by atoms with Crippen LogP contribution in [0.25, 0.3) is 10.9 Å². The highest BCUT2D eigenvalue weighted by Gasteiger charge is 2.13. The molecule has 0 aliphatic carbocycles. The Labute approximate surface area is 116 Å². The van der Waals surface area contributed by atoms with Crippen LogP contribution in [0.2, 0.25) is 0 Å². The smallest absolute Gasteiger partial charge is 0.261 e. The normalized spacial score (nSPS) is 11.7. The zero-order valence-corrected chi connectivity index (χ0v) is 11.6. The van der Waals surface area contributed by atoms with Gasteiger partial charge < -0.3 is 0 Å². The second-order valence-electron chi connectivity index (χ2n) is 4.46. The van der Waals surface area contributed by atoms with Crippen molar-refractivity contribution in [2.45, 2.75) is 4.90 Å². The standard InChI is InChI=1S/C14H13N3O2S/c1-17-14-8-7-12(9-11(14)10-15-17)16-20(18,19)13-5-3-2-4-6-13/h2-10,16H,1H3. The van der Waals surface area contributed by atoms with Gasteiger partial charge in [0.2, 0.25) is 0 Å². The van der Waals surface area contributed by atoms with E-state index in [9.17, 15) is 8.42 Å². The minimum atomic E-state index is -3.55. The van der Waals surface area contributed by atoms with Crippen LogP contribution in [0.15, 0.2) is 59.6 Å². The molecule has 0 spiro atoms. The summed E-state index contributed by atoms with van der Waals surface area (Å²) in [5.41, 5.74) is 1.47. The van der Waals surface area contributed by atoms with Crippen molar-refractivity contribution in [2.75, 3.05) is 4.72 Å². The fourth-order valence-electron chi connectivity index (χ4n) is 2.04. The molecule has 6 heteroatoms.